The molecule has 1 aliphatic carbocycles. The molecular weight excluding hydrogens is 274 g/mol. The van der Waals surface area contributed by atoms with Crippen LogP contribution in [0.2, 0.25) is 0 Å². The average Bonchev–Trinajstić information content (AvgIpc) is 2.87. The molecule has 110 valence electrons. The van der Waals surface area contributed by atoms with E-state index in [0.717, 1.165) is 18.6 Å². The highest BCUT2D eigenvalue weighted by Gasteiger charge is 2.36. The van der Waals surface area contributed by atoms with E-state index in [4.69, 9.17) is 10.5 Å². The van der Waals surface area contributed by atoms with Gasteiger partial charge in [-0.25, -0.2) is 8.42 Å². The lowest BCUT2D eigenvalue weighted by atomic mass is 9.79. The van der Waals surface area contributed by atoms with Gasteiger partial charge in [0, 0.05) is 12.0 Å². The van der Waals surface area contributed by atoms with Gasteiger partial charge in [0.15, 0.2) is 9.84 Å². The molecule has 1 aromatic rings. The van der Waals surface area contributed by atoms with Crippen molar-refractivity contribution < 1.29 is 13.2 Å². The number of nitrogens with two attached hydrogens (primary N) is 1. The van der Waals surface area contributed by atoms with Crippen molar-refractivity contribution in [3.05, 3.63) is 29.8 Å². The van der Waals surface area contributed by atoms with Gasteiger partial charge >= 0.3 is 0 Å². The van der Waals surface area contributed by atoms with Gasteiger partial charge in [-0.2, -0.15) is 0 Å². The largest absolute Gasteiger partial charge is 0.488 e. The maximum Gasteiger partial charge on any atom is 0.157 e. The Morgan fingerprint density at radius 3 is 2.55 bits per heavy atom. The van der Waals surface area contributed by atoms with Gasteiger partial charge in [-0.1, -0.05) is 25.0 Å². The minimum Gasteiger partial charge on any atom is -0.488 e. The zero-order valence-corrected chi connectivity index (χ0v) is 12.4. The van der Waals surface area contributed by atoms with E-state index in [2.05, 4.69) is 6.07 Å². The molecule has 0 bridgehead atoms. The first-order chi connectivity index (χ1) is 9.53. The highest BCUT2D eigenvalue weighted by Crippen LogP contribution is 2.41. The van der Waals surface area contributed by atoms with Crippen molar-refractivity contribution >= 4 is 9.84 Å². The molecule has 2 aliphatic rings. The van der Waals surface area contributed by atoms with Crippen molar-refractivity contribution in [3.8, 4) is 5.75 Å². The lowest BCUT2D eigenvalue weighted by molar-refractivity contribution is 0.229. The third-order valence-corrected chi connectivity index (χ3v) is 6.34. The zero-order valence-electron chi connectivity index (χ0n) is 11.5. The Bertz CT molecular complexity index is 579. The van der Waals surface area contributed by atoms with Crippen molar-refractivity contribution in [2.24, 2.45) is 5.73 Å². The SMILES string of the molecule is NCC1(c2cccc(OC3CS(=O)(=O)C3)c2)CCCC1. The molecule has 0 amide bonds. The van der Waals surface area contributed by atoms with Crippen LogP contribution in [-0.2, 0) is 15.3 Å². The van der Waals surface area contributed by atoms with E-state index in [1.165, 1.54) is 18.4 Å². The number of sulfone groups is 1. The molecule has 1 aromatic carbocycles. The summed E-state index contributed by atoms with van der Waals surface area (Å²) in [4.78, 5) is 0. The predicted octanol–water partition coefficient (Wildman–Crippen LogP) is 1.63. The van der Waals surface area contributed by atoms with Crippen LogP contribution in [0.15, 0.2) is 24.3 Å². The second-order valence-electron chi connectivity index (χ2n) is 6.04. The molecule has 0 unspecified atom stereocenters. The molecule has 2 fully saturated rings. The first kappa shape index (κ1) is 13.9. The van der Waals surface area contributed by atoms with Gasteiger partial charge in [-0.3, -0.25) is 0 Å². The van der Waals surface area contributed by atoms with Crippen molar-refractivity contribution in [1.29, 1.82) is 0 Å². The molecule has 0 aromatic heterocycles. The first-order valence-electron chi connectivity index (χ1n) is 7.21. The molecule has 1 aliphatic heterocycles. The van der Waals surface area contributed by atoms with Crippen LogP contribution in [0, 0.1) is 0 Å². The topological polar surface area (TPSA) is 69.4 Å². The second kappa shape index (κ2) is 5.04. The highest BCUT2D eigenvalue weighted by atomic mass is 32.2. The summed E-state index contributed by atoms with van der Waals surface area (Å²) < 4.78 is 28.1. The van der Waals surface area contributed by atoms with E-state index in [-0.39, 0.29) is 23.0 Å². The molecule has 20 heavy (non-hydrogen) atoms. The molecule has 4 nitrogen and oxygen atoms in total. The number of ether oxygens (including phenoxy) is 1. The lowest BCUT2D eigenvalue weighted by Gasteiger charge is -2.30. The van der Waals surface area contributed by atoms with Crippen molar-refractivity contribution in [3.63, 3.8) is 0 Å². The molecule has 3 rings (SSSR count). The van der Waals surface area contributed by atoms with E-state index in [1.807, 2.05) is 18.2 Å². The maximum absolute atomic E-state index is 11.2. The molecule has 0 spiro atoms. The Kier molecular flexibility index (Phi) is 3.50. The summed E-state index contributed by atoms with van der Waals surface area (Å²) >= 11 is 0. The van der Waals surface area contributed by atoms with Gasteiger partial charge in [-0.15, -0.1) is 0 Å². The minimum atomic E-state index is -2.84. The van der Waals surface area contributed by atoms with Crippen molar-refractivity contribution in [1.82, 2.24) is 0 Å². The fraction of sp³-hybridized carbons (Fsp3) is 0.600. The Morgan fingerprint density at radius 1 is 1.25 bits per heavy atom. The Balaban J connectivity index is 1.76. The van der Waals surface area contributed by atoms with E-state index in [1.54, 1.807) is 0 Å². The van der Waals surface area contributed by atoms with Crippen LogP contribution in [0.5, 0.6) is 5.75 Å². The minimum absolute atomic E-state index is 0.0884. The fourth-order valence-electron chi connectivity index (χ4n) is 3.34. The van der Waals surface area contributed by atoms with Crippen LogP contribution >= 0.6 is 0 Å². The lowest BCUT2D eigenvalue weighted by Crippen LogP contribution is -2.45. The summed E-state index contributed by atoms with van der Waals surface area (Å²) in [5, 5.41) is 0. The monoisotopic (exact) mass is 295 g/mol. The van der Waals surface area contributed by atoms with E-state index in [0.29, 0.717) is 6.54 Å². The summed E-state index contributed by atoms with van der Waals surface area (Å²) in [6, 6.07) is 8.03. The summed E-state index contributed by atoms with van der Waals surface area (Å²) in [7, 11) is -2.84. The van der Waals surface area contributed by atoms with Crippen molar-refractivity contribution in [2.75, 3.05) is 18.1 Å². The summed E-state index contributed by atoms with van der Waals surface area (Å²) in [5.74, 6) is 1.04. The van der Waals surface area contributed by atoms with Gasteiger partial charge in [0.2, 0.25) is 0 Å². The van der Waals surface area contributed by atoms with Crippen LogP contribution in [0.25, 0.3) is 0 Å². The normalized spacial score (nSPS) is 24.2. The summed E-state index contributed by atoms with van der Waals surface area (Å²) in [6.45, 7) is 0.661. The maximum atomic E-state index is 11.2. The predicted molar refractivity (Wildman–Crippen MR) is 78.7 cm³/mol. The molecule has 0 atom stereocenters. The Morgan fingerprint density at radius 2 is 1.95 bits per heavy atom. The Hall–Kier alpha value is -1.07. The first-order valence-corrected chi connectivity index (χ1v) is 9.03. The molecule has 2 N–H and O–H groups in total. The molecular formula is C15H21NO3S. The van der Waals surface area contributed by atoms with Gasteiger partial charge in [0.1, 0.15) is 11.9 Å². The van der Waals surface area contributed by atoms with Crippen LogP contribution in [0.1, 0.15) is 31.2 Å². The highest BCUT2D eigenvalue weighted by molar-refractivity contribution is 7.92. The zero-order chi connectivity index (χ0) is 14.2. The number of benzene rings is 1. The standard InChI is InChI=1S/C15H21NO3S/c16-11-15(6-1-2-7-15)12-4-3-5-13(8-12)19-14-9-20(17,18)10-14/h3-5,8,14H,1-2,6-7,9-11,16H2. The number of hydrogen-bond acceptors (Lipinski definition) is 4. The third-order valence-electron chi connectivity index (χ3n) is 4.58. The molecule has 5 heteroatoms. The van der Waals surface area contributed by atoms with Gasteiger partial charge in [0.05, 0.1) is 11.5 Å². The smallest absolute Gasteiger partial charge is 0.157 e. The van der Waals surface area contributed by atoms with Gasteiger partial charge in [-0.05, 0) is 30.5 Å². The Labute approximate surface area is 120 Å². The van der Waals surface area contributed by atoms with Crippen molar-refractivity contribution in [2.45, 2.75) is 37.2 Å². The summed E-state index contributed by atoms with van der Waals surface area (Å²) in [6.07, 6.45) is 4.52. The van der Waals surface area contributed by atoms with E-state index < -0.39 is 9.84 Å². The third kappa shape index (κ3) is 2.56. The van der Waals surface area contributed by atoms with E-state index in [9.17, 15) is 8.42 Å². The molecule has 1 saturated carbocycles. The molecule has 1 saturated heterocycles. The van der Waals surface area contributed by atoms with Gasteiger partial charge < -0.3 is 10.5 Å². The van der Waals surface area contributed by atoms with E-state index >= 15 is 0 Å². The van der Waals surface area contributed by atoms with Crippen LogP contribution in [-0.4, -0.2) is 32.6 Å². The fourth-order valence-corrected chi connectivity index (χ4v) is 4.51. The van der Waals surface area contributed by atoms with Crippen LogP contribution < -0.4 is 10.5 Å². The molecule has 1 heterocycles. The van der Waals surface area contributed by atoms with Gasteiger partial charge in [0.25, 0.3) is 0 Å². The molecule has 0 radical (unpaired) electrons. The quantitative estimate of drug-likeness (QED) is 0.916. The second-order valence-corrected chi connectivity index (χ2v) is 8.19. The average molecular weight is 295 g/mol. The van der Waals surface area contributed by atoms with Crippen LogP contribution in [0.4, 0.5) is 0 Å². The number of rotatable bonds is 4. The number of hydrogen-bond donors (Lipinski definition) is 1. The van der Waals surface area contributed by atoms with Crippen LogP contribution in [0.3, 0.4) is 0 Å². The summed E-state index contributed by atoms with van der Waals surface area (Å²) in [5.41, 5.74) is 7.33.